The SMILES string of the molecule is Cc1ccc(N(c2ccccc2C)c2cc3c(c4oc5ccccc5c24)-c2cc4c(cc2[Si]3(C)C)-c2c(cc(N(c3ccccc3C)c3ccc(C)cc3C)c3c2oc2ccccc23)[Si]4(C)C)c(C)c1. The van der Waals surface area contributed by atoms with Crippen LogP contribution in [0.1, 0.15) is 33.4 Å². The molecule has 0 aliphatic carbocycles. The molecule has 4 heterocycles. The van der Waals surface area contributed by atoms with Crippen molar-refractivity contribution in [3.05, 3.63) is 191 Å². The van der Waals surface area contributed by atoms with E-state index in [-0.39, 0.29) is 0 Å². The Morgan fingerprint density at radius 2 is 0.714 bits per heavy atom. The Morgan fingerprint density at radius 1 is 0.343 bits per heavy atom. The predicted octanol–water partition coefficient (Wildman–Crippen LogP) is 15.9. The minimum atomic E-state index is -2.42. The number of benzene rings is 9. The molecular weight excluding hydrogens is 885 g/mol. The van der Waals surface area contributed by atoms with Crippen LogP contribution in [-0.2, 0) is 0 Å². The summed E-state index contributed by atoms with van der Waals surface area (Å²) in [5.41, 5.74) is 23.5. The van der Waals surface area contributed by atoms with Gasteiger partial charge < -0.3 is 18.6 Å². The van der Waals surface area contributed by atoms with Gasteiger partial charge in [-0.15, -0.1) is 0 Å². The van der Waals surface area contributed by atoms with Crippen LogP contribution < -0.4 is 30.5 Å². The van der Waals surface area contributed by atoms with Gasteiger partial charge in [0.25, 0.3) is 0 Å². The molecule has 11 aromatic rings. The van der Waals surface area contributed by atoms with Crippen LogP contribution in [0.5, 0.6) is 0 Å². The molecule has 70 heavy (non-hydrogen) atoms. The summed E-state index contributed by atoms with van der Waals surface area (Å²) in [7, 11) is -4.83. The Hall–Kier alpha value is -7.39. The van der Waals surface area contributed by atoms with E-state index in [4.69, 9.17) is 8.83 Å². The molecule has 0 spiro atoms. The van der Waals surface area contributed by atoms with E-state index < -0.39 is 16.1 Å². The Balaban J connectivity index is 1.09. The molecule has 2 aliphatic heterocycles. The highest BCUT2D eigenvalue weighted by Gasteiger charge is 2.47. The number of para-hydroxylation sites is 4. The number of furan rings is 2. The Bertz CT molecular complexity index is 3790. The molecule has 0 N–H and O–H groups in total. The van der Waals surface area contributed by atoms with Crippen LogP contribution in [0.4, 0.5) is 34.1 Å². The van der Waals surface area contributed by atoms with E-state index in [1.807, 2.05) is 0 Å². The molecule has 9 aromatic carbocycles. The van der Waals surface area contributed by atoms with Crippen LogP contribution in [0, 0.1) is 41.5 Å². The zero-order valence-corrected chi connectivity index (χ0v) is 43.7. The van der Waals surface area contributed by atoms with Crippen molar-refractivity contribution in [2.24, 2.45) is 0 Å². The third kappa shape index (κ3) is 5.93. The maximum atomic E-state index is 7.25. The topological polar surface area (TPSA) is 32.8 Å². The van der Waals surface area contributed by atoms with Crippen LogP contribution in [0.3, 0.4) is 0 Å². The standard InChI is InChI=1S/C64H56N2O2Si2/c1-37-27-29-49(41(5)31-37)65(47-23-15-11-19-39(47)3)51-35-57-61(63-59(51)43-21-13-17-25-53(43)67-63)45-33-56-46(34-55(45)69(57,7)8)62-58(70(56,9)10)36-52(60-44-22-14-18-26-54(44)68-64(60)62)66(48-24-16-12-20-40(48)4)50-30-28-38(2)32-42(50)6/h11-36H,1-10H3. The van der Waals surface area contributed by atoms with Gasteiger partial charge in [-0.2, -0.15) is 0 Å². The van der Waals surface area contributed by atoms with Crippen LogP contribution in [0.25, 0.3) is 66.1 Å². The lowest BCUT2D eigenvalue weighted by Gasteiger charge is -2.31. The highest BCUT2D eigenvalue weighted by molar-refractivity contribution is 7.06. The van der Waals surface area contributed by atoms with E-state index >= 15 is 0 Å². The van der Waals surface area contributed by atoms with Crippen LogP contribution >= 0.6 is 0 Å². The molecule has 0 fully saturated rings. The lowest BCUT2D eigenvalue weighted by Crippen LogP contribution is -2.51. The fourth-order valence-corrected chi connectivity index (χ4v) is 18.6. The summed E-state index contributed by atoms with van der Waals surface area (Å²) in [4.78, 5) is 5.03. The summed E-state index contributed by atoms with van der Waals surface area (Å²) >= 11 is 0. The van der Waals surface area contributed by atoms with Gasteiger partial charge in [0.05, 0.1) is 22.1 Å². The average molecular weight is 941 g/mol. The molecule has 2 aliphatic rings. The second-order valence-electron chi connectivity index (χ2n) is 21.3. The third-order valence-electron chi connectivity index (χ3n) is 16.0. The first-order chi connectivity index (χ1) is 33.7. The van der Waals surface area contributed by atoms with Gasteiger partial charge in [0, 0.05) is 44.6 Å². The van der Waals surface area contributed by atoms with E-state index in [9.17, 15) is 0 Å². The summed E-state index contributed by atoms with van der Waals surface area (Å²) in [6.07, 6.45) is 0. The summed E-state index contributed by atoms with van der Waals surface area (Å²) < 4.78 is 14.5. The number of hydrogen-bond acceptors (Lipinski definition) is 4. The third-order valence-corrected chi connectivity index (χ3v) is 23.0. The summed E-state index contributed by atoms with van der Waals surface area (Å²) in [5, 5.41) is 10.3. The van der Waals surface area contributed by atoms with Crippen molar-refractivity contribution in [2.75, 3.05) is 9.80 Å². The largest absolute Gasteiger partial charge is 0.455 e. The highest BCUT2D eigenvalue weighted by Crippen LogP contribution is 2.52. The van der Waals surface area contributed by atoms with Gasteiger partial charge in [0.2, 0.25) is 0 Å². The second kappa shape index (κ2) is 15.1. The monoisotopic (exact) mass is 940 g/mol. The Labute approximate surface area is 412 Å². The molecule has 2 aromatic heterocycles. The fraction of sp³-hybridized carbons (Fsp3) is 0.156. The molecule has 0 saturated carbocycles. The quantitative estimate of drug-likeness (QED) is 0.156. The number of aryl methyl sites for hydroxylation is 6. The Morgan fingerprint density at radius 3 is 1.11 bits per heavy atom. The minimum absolute atomic E-state index is 0.913. The van der Waals surface area contributed by atoms with Crippen LogP contribution in [0.2, 0.25) is 26.2 Å². The number of fused-ring (bicyclic) bond motifs is 14. The molecule has 13 rings (SSSR count). The molecule has 4 nitrogen and oxygen atoms in total. The van der Waals surface area contributed by atoms with Gasteiger partial charge in [0.1, 0.15) is 38.5 Å². The van der Waals surface area contributed by atoms with E-state index in [0.29, 0.717) is 0 Å². The minimum Gasteiger partial charge on any atom is -0.455 e. The molecule has 0 amide bonds. The number of anilines is 6. The zero-order valence-electron chi connectivity index (χ0n) is 41.7. The number of nitrogens with zero attached hydrogens (tertiary/aromatic N) is 2. The van der Waals surface area contributed by atoms with Crippen molar-refractivity contribution in [3.8, 4) is 22.3 Å². The van der Waals surface area contributed by atoms with Gasteiger partial charge in [-0.25, -0.2) is 0 Å². The molecular formula is C64H56N2O2Si2. The van der Waals surface area contributed by atoms with Gasteiger partial charge in [-0.05, 0) is 144 Å². The van der Waals surface area contributed by atoms with Gasteiger partial charge in [0.15, 0.2) is 0 Å². The normalized spacial score (nSPS) is 14.1. The van der Waals surface area contributed by atoms with Crippen LogP contribution in [0.15, 0.2) is 167 Å². The molecule has 0 bridgehead atoms. The first-order valence-electron chi connectivity index (χ1n) is 24.8. The van der Waals surface area contributed by atoms with Crippen molar-refractivity contribution >= 4 is 115 Å². The van der Waals surface area contributed by atoms with Gasteiger partial charge >= 0.3 is 0 Å². The summed E-state index contributed by atoms with van der Waals surface area (Å²) in [6.45, 7) is 23.5. The van der Waals surface area contributed by atoms with E-state index in [1.54, 1.807) is 0 Å². The molecule has 0 atom stereocenters. The van der Waals surface area contributed by atoms with Crippen molar-refractivity contribution in [1.82, 2.24) is 0 Å². The van der Waals surface area contributed by atoms with Crippen LogP contribution in [-0.4, -0.2) is 16.1 Å². The Kier molecular flexibility index (Phi) is 9.18. The van der Waals surface area contributed by atoms with E-state index in [2.05, 4.69) is 235 Å². The van der Waals surface area contributed by atoms with Crippen molar-refractivity contribution in [2.45, 2.75) is 67.7 Å². The molecule has 342 valence electrons. The highest BCUT2D eigenvalue weighted by atomic mass is 28.3. The van der Waals surface area contributed by atoms with E-state index in [1.165, 1.54) is 111 Å². The molecule has 6 heteroatoms. The maximum absolute atomic E-state index is 7.25. The molecule has 0 radical (unpaired) electrons. The van der Waals surface area contributed by atoms with Crippen molar-refractivity contribution in [1.29, 1.82) is 0 Å². The van der Waals surface area contributed by atoms with Gasteiger partial charge in [-0.1, -0.05) is 147 Å². The zero-order chi connectivity index (χ0) is 48.1. The number of rotatable bonds is 6. The smallest absolute Gasteiger partial charge is 0.145 e. The maximum Gasteiger partial charge on any atom is 0.145 e. The molecule has 0 saturated heterocycles. The molecule has 0 unspecified atom stereocenters. The average Bonchev–Trinajstić information content (AvgIpc) is 4.04. The summed E-state index contributed by atoms with van der Waals surface area (Å²) in [5.74, 6) is 0. The number of hydrogen-bond donors (Lipinski definition) is 0. The van der Waals surface area contributed by atoms with E-state index in [0.717, 1.165) is 43.9 Å². The first kappa shape index (κ1) is 42.7. The predicted molar refractivity (Wildman–Crippen MR) is 303 cm³/mol. The van der Waals surface area contributed by atoms with Gasteiger partial charge in [-0.3, -0.25) is 0 Å². The fourth-order valence-electron chi connectivity index (χ4n) is 12.5. The van der Waals surface area contributed by atoms with Crippen molar-refractivity contribution in [3.63, 3.8) is 0 Å². The first-order valence-corrected chi connectivity index (χ1v) is 30.8. The van der Waals surface area contributed by atoms with Crippen molar-refractivity contribution < 1.29 is 8.83 Å². The summed E-state index contributed by atoms with van der Waals surface area (Å²) in [6, 6.07) is 59.0. The lowest BCUT2D eigenvalue weighted by atomic mass is 9.95. The lowest BCUT2D eigenvalue weighted by molar-refractivity contribution is 0.670. The second-order valence-corrected chi connectivity index (χ2v) is 29.9.